The van der Waals surface area contributed by atoms with Gasteiger partial charge in [-0.2, -0.15) is 4.98 Å². The minimum absolute atomic E-state index is 0.00673. The molecule has 0 bridgehead atoms. The smallest absolute Gasteiger partial charge is 0.270 e. The third-order valence-corrected chi connectivity index (χ3v) is 3.05. The summed E-state index contributed by atoms with van der Waals surface area (Å²) in [5.41, 5.74) is 6.48. The maximum absolute atomic E-state index is 10.7. The van der Waals surface area contributed by atoms with Gasteiger partial charge in [-0.1, -0.05) is 31.1 Å². The van der Waals surface area contributed by atoms with Gasteiger partial charge in [0.25, 0.3) is 5.69 Å². The van der Waals surface area contributed by atoms with Crippen LogP contribution in [0.5, 0.6) is 0 Å². The molecule has 0 aliphatic heterocycles. The Bertz CT molecular complexity index is 609. The lowest BCUT2D eigenvalue weighted by Crippen LogP contribution is -2.28. The van der Waals surface area contributed by atoms with Crippen LogP contribution in [0.2, 0.25) is 0 Å². The summed E-state index contributed by atoms with van der Waals surface area (Å²) in [4.78, 5) is 14.5. The second kappa shape index (κ2) is 5.79. The zero-order valence-electron chi connectivity index (χ0n) is 11.3. The lowest BCUT2D eigenvalue weighted by Gasteiger charge is -2.11. The third kappa shape index (κ3) is 3.18. The van der Waals surface area contributed by atoms with Crippen molar-refractivity contribution in [3.8, 4) is 11.4 Å². The number of non-ortho nitro benzene ring substituents is 1. The molecule has 0 saturated heterocycles. The fourth-order valence-electron chi connectivity index (χ4n) is 1.65. The molecule has 1 heterocycles. The van der Waals surface area contributed by atoms with Crippen molar-refractivity contribution in [1.82, 2.24) is 10.1 Å². The summed E-state index contributed by atoms with van der Waals surface area (Å²) in [6.07, 6.45) is 0.486. The van der Waals surface area contributed by atoms with E-state index in [4.69, 9.17) is 10.3 Å². The first-order valence-corrected chi connectivity index (χ1v) is 6.30. The summed E-state index contributed by atoms with van der Waals surface area (Å²) >= 11 is 0. The quantitative estimate of drug-likeness (QED) is 0.662. The van der Waals surface area contributed by atoms with Gasteiger partial charge >= 0.3 is 0 Å². The molecular formula is C13H16N4O3. The maximum atomic E-state index is 10.7. The third-order valence-electron chi connectivity index (χ3n) is 3.05. The first kappa shape index (κ1) is 14.1. The highest BCUT2D eigenvalue weighted by molar-refractivity contribution is 5.58. The molecule has 0 amide bonds. The van der Waals surface area contributed by atoms with Gasteiger partial charge in [0.2, 0.25) is 11.7 Å². The molecule has 20 heavy (non-hydrogen) atoms. The second-order valence-electron chi connectivity index (χ2n) is 4.93. The van der Waals surface area contributed by atoms with Crippen LogP contribution in [-0.4, -0.2) is 21.1 Å². The van der Waals surface area contributed by atoms with Crippen LogP contribution in [0.3, 0.4) is 0 Å². The van der Waals surface area contributed by atoms with Gasteiger partial charge in [-0.05, 0) is 5.92 Å². The van der Waals surface area contributed by atoms with Crippen LogP contribution in [0, 0.1) is 16.0 Å². The summed E-state index contributed by atoms with van der Waals surface area (Å²) in [7, 11) is 0. The van der Waals surface area contributed by atoms with E-state index in [1.54, 1.807) is 12.1 Å². The van der Waals surface area contributed by atoms with E-state index in [1.165, 1.54) is 12.1 Å². The van der Waals surface area contributed by atoms with Crippen LogP contribution in [0.4, 0.5) is 5.69 Å². The van der Waals surface area contributed by atoms with Crippen LogP contribution in [0.25, 0.3) is 11.4 Å². The van der Waals surface area contributed by atoms with E-state index in [9.17, 15) is 10.1 Å². The van der Waals surface area contributed by atoms with E-state index in [2.05, 4.69) is 10.1 Å². The van der Waals surface area contributed by atoms with Gasteiger partial charge in [0.05, 0.1) is 4.92 Å². The molecule has 2 N–H and O–H groups in total. The zero-order chi connectivity index (χ0) is 14.7. The first-order valence-electron chi connectivity index (χ1n) is 6.30. The van der Waals surface area contributed by atoms with Crippen molar-refractivity contribution < 1.29 is 9.45 Å². The zero-order valence-corrected chi connectivity index (χ0v) is 11.3. The number of aromatic nitrogens is 2. The van der Waals surface area contributed by atoms with Gasteiger partial charge in [0, 0.05) is 30.2 Å². The summed E-state index contributed by atoms with van der Waals surface area (Å²) in [5, 5.41) is 14.6. The molecule has 0 fully saturated rings. The molecule has 0 radical (unpaired) electrons. The van der Waals surface area contributed by atoms with Crippen molar-refractivity contribution in [2.75, 3.05) is 0 Å². The molecular weight excluding hydrogens is 260 g/mol. The van der Waals surface area contributed by atoms with Crippen molar-refractivity contribution >= 4 is 5.69 Å². The van der Waals surface area contributed by atoms with Gasteiger partial charge < -0.3 is 10.3 Å². The molecule has 0 aliphatic carbocycles. The predicted molar refractivity (Wildman–Crippen MR) is 72.9 cm³/mol. The van der Waals surface area contributed by atoms with Gasteiger partial charge in [-0.25, -0.2) is 0 Å². The molecule has 1 atom stereocenters. The molecule has 7 nitrogen and oxygen atoms in total. The van der Waals surface area contributed by atoms with Crippen molar-refractivity contribution in [3.63, 3.8) is 0 Å². The summed E-state index contributed by atoms with van der Waals surface area (Å²) in [5.74, 6) is 1.08. The summed E-state index contributed by atoms with van der Waals surface area (Å²) in [6.45, 7) is 4.03. The fourth-order valence-corrected chi connectivity index (χ4v) is 1.65. The number of nitro groups is 1. The molecule has 2 aromatic rings. The Balaban J connectivity index is 2.20. The molecule has 106 valence electrons. The largest absolute Gasteiger partial charge is 0.339 e. The van der Waals surface area contributed by atoms with E-state index in [1.807, 2.05) is 13.8 Å². The normalized spacial score (nSPS) is 12.6. The Morgan fingerprint density at radius 2 is 2.20 bits per heavy atom. The average molecular weight is 276 g/mol. The average Bonchev–Trinajstić information content (AvgIpc) is 2.87. The van der Waals surface area contributed by atoms with Crippen molar-refractivity contribution in [2.45, 2.75) is 26.3 Å². The number of hydrogen-bond acceptors (Lipinski definition) is 6. The number of nitro benzene ring substituents is 1. The number of nitrogens with two attached hydrogens (primary N) is 1. The van der Waals surface area contributed by atoms with Gasteiger partial charge in [-0.15, -0.1) is 0 Å². The Hall–Kier alpha value is -2.28. The van der Waals surface area contributed by atoms with E-state index < -0.39 is 4.92 Å². The topological polar surface area (TPSA) is 108 Å². The van der Waals surface area contributed by atoms with Gasteiger partial charge in [0.1, 0.15) is 0 Å². The molecule has 0 saturated carbocycles. The lowest BCUT2D eigenvalue weighted by atomic mass is 10.0. The van der Waals surface area contributed by atoms with Crippen LogP contribution < -0.4 is 5.73 Å². The number of rotatable bonds is 5. The summed E-state index contributed by atoms with van der Waals surface area (Å²) < 4.78 is 5.13. The van der Waals surface area contributed by atoms with Crippen molar-refractivity contribution in [3.05, 3.63) is 40.3 Å². The van der Waals surface area contributed by atoms with E-state index in [0.717, 1.165) is 0 Å². The lowest BCUT2D eigenvalue weighted by molar-refractivity contribution is -0.384. The fraction of sp³-hybridized carbons (Fsp3) is 0.385. The van der Waals surface area contributed by atoms with E-state index >= 15 is 0 Å². The van der Waals surface area contributed by atoms with Crippen molar-refractivity contribution in [2.24, 2.45) is 11.7 Å². The minimum Gasteiger partial charge on any atom is -0.339 e. The van der Waals surface area contributed by atoms with Crippen LogP contribution in [0.1, 0.15) is 19.7 Å². The Labute approximate surface area is 115 Å². The number of nitrogens with zero attached hydrogens (tertiary/aromatic N) is 3. The van der Waals surface area contributed by atoms with Crippen LogP contribution >= 0.6 is 0 Å². The second-order valence-corrected chi connectivity index (χ2v) is 4.93. The highest BCUT2D eigenvalue weighted by atomic mass is 16.6. The van der Waals surface area contributed by atoms with Gasteiger partial charge in [0.15, 0.2) is 0 Å². The minimum atomic E-state index is -0.459. The Kier molecular flexibility index (Phi) is 4.09. The molecule has 0 aliphatic rings. The standard InChI is InChI=1S/C13H16N4O3/c1-8(2)11(14)7-12-15-13(16-20-12)9-4-3-5-10(6-9)17(18)19/h3-6,8,11H,7,14H2,1-2H3. The highest BCUT2D eigenvalue weighted by Crippen LogP contribution is 2.21. The monoisotopic (exact) mass is 276 g/mol. The molecule has 7 heteroatoms. The van der Waals surface area contributed by atoms with Gasteiger partial charge in [-0.3, -0.25) is 10.1 Å². The summed E-state index contributed by atoms with van der Waals surface area (Å²) in [6, 6.07) is 6.05. The molecule has 1 aromatic heterocycles. The molecule has 1 unspecified atom stereocenters. The van der Waals surface area contributed by atoms with E-state index in [0.29, 0.717) is 29.6 Å². The molecule has 1 aromatic carbocycles. The Morgan fingerprint density at radius 3 is 2.85 bits per heavy atom. The predicted octanol–water partition coefficient (Wildman–Crippen LogP) is 2.17. The first-order chi connectivity index (χ1) is 9.47. The SMILES string of the molecule is CC(C)C(N)Cc1nc(-c2cccc([N+](=O)[O-])c2)no1. The number of hydrogen-bond donors (Lipinski definition) is 1. The highest BCUT2D eigenvalue weighted by Gasteiger charge is 2.16. The maximum Gasteiger partial charge on any atom is 0.270 e. The van der Waals surface area contributed by atoms with Crippen molar-refractivity contribution in [1.29, 1.82) is 0 Å². The number of benzene rings is 1. The molecule has 2 rings (SSSR count). The molecule has 0 spiro atoms. The van der Waals surface area contributed by atoms with E-state index in [-0.39, 0.29) is 11.7 Å². The van der Waals surface area contributed by atoms with Crippen LogP contribution in [-0.2, 0) is 6.42 Å². The Morgan fingerprint density at radius 1 is 1.45 bits per heavy atom. The van der Waals surface area contributed by atoms with Crippen LogP contribution in [0.15, 0.2) is 28.8 Å².